The zero-order valence-electron chi connectivity index (χ0n) is 2.34. The molecule has 0 bridgehead atoms. The van der Waals surface area contributed by atoms with Crippen LogP contribution in [0, 0.1) is 0 Å². The van der Waals surface area contributed by atoms with Crippen molar-refractivity contribution >= 4 is 0 Å². The van der Waals surface area contributed by atoms with Crippen molar-refractivity contribution in [3.8, 4) is 0 Å². The molecule has 3 heteroatoms. The van der Waals surface area contributed by atoms with E-state index in [1.807, 2.05) is 0 Å². The van der Waals surface area contributed by atoms with E-state index in [4.69, 9.17) is 15.6 Å². The third-order valence-corrected chi connectivity index (χ3v) is 0. The standard InChI is InChI=1S/CH4O.H2O2/c2*1-2/h2H,1H3;1-2H. The van der Waals surface area contributed by atoms with E-state index in [2.05, 4.69) is 0 Å². The molecule has 0 radical (unpaired) electrons. The molecule has 0 spiro atoms. The van der Waals surface area contributed by atoms with Gasteiger partial charge in [0.1, 0.15) is 0 Å². The molecule has 0 aromatic rings. The molecular weight excluding hydrogens is 60.0 g/mol. The third kappa shape index (κ3) is 101. The van der Waals surface area contributed by atoms with Crippen LogP contribution in [0.2, 0.25) is 0 Å². The number of aliphatic hydroxyl groups excluding tert-OH is 1. The maximum Gasteiger partial charge on any atom is 0.0319 e. The van der Waals surface area contributed by atoms with Crippen molar-refractivity contribution in [2.24, 2.45) is 0 Å². The van der Waals surface area contributed by atoms with Crippen molar-refractivity contribution in [1.29, 1.82) is 0 Å². The fraction of sp³-hybridized carbons (Fsp3) is 1.00. The maximum atomic E-state index is 7.00. The van der Waals surface area contributed by atoms with E-state index in [-0.39, 0.29) is 0 Å². The summed E-state index contributed by atoms with van der Waals surface area (Å²) in [5, 5.41) is 19.0. The van der Waals surface area contributed by atoms with E-state index in [0.717, 1.165) is 7.11 Å². The lowest BCUT2D eigenvalue weighted by molar-refractivity contribution is -0.176. The number of rotatable bonds is 0. The monoisotopic (exact) mass is 66.0 g/mol. The van der Waals surface area contributed by atoms with Crippen LogP contribution in [0.4, 0.5) is 0 Å². The van der Waals surface area contributed by atoms with Crippen molar-refractivity contribution < 1.29 is 15.6 Å². The molecule has 0 fully saturated rings. The Morgan fingerprint density at radius 1 is 1.00 bits per heavy atom. The molecule has 0 aliphatic rings. The van der Waals surface area contributed by atoms with E-state index in [1.54, 1.807) is 0 Å². The van der Waals surface area contributed by atoms with Crippen LogP contribution in [-0.4, -0.2) is 22.7 Å². The van der Waals surface area contributed by atoms with Crippen molar-refractivity contribution in [3.63, 3.8) is 0 Å². The molecule has 0 aromatic heterocycles. The molecule has 3 nitrogen and oxygen atoms in total. The largest absolute Gasteiger partial charge is 0.400 e. The van der Waals surface area contributed by atoms with Crippen LogP contribution in [0.15, 0.2) is 0 Å². The fourth-order valence-corrected chi connectivity index (χ4v) is 0. The average molecular weight is 66.1 g/mol. The van der Waals surface area contributed by atoms with E-state index in [0.29, 0.717) is 0 Å². The summed E-state index contributed by atoms with van der Waals surface area (Å²) in [4.78, 5) is 0. The van der Waals surface area contributed by atoms with Gasteiger partial charge in [0.15, 0.2) is 0 Å². The Labute approximate surface area is 24.1 Å². The summed E-state index contributed by atoms with van der Waals surface area (Å²) in [6.07, 6.45) is 0. The molecule has 0 aromatic carbocycles. The van der Waals surface area contributed by atoms with Crippen molar-refractivity contribution in [2.45, 2.75) is 0 Å². The highest BCUT2D eigenvalue weighted by Crippen LogP contribution is 0.755. The van der Waals surface area contributed by atoms with Gasteiger partial charge in [-0.15, -0.1) is 0 Å². The molecule has 28 valence electrons. The second kappa shape index (κ2) is 707. The van der Waals surface area contributed by atoms with Crippen LogP contribution >= 0.6 is 0 Å². The molecule has 3 N–H and O–H groups in total. The SMILES string of the molecule is CO.OO. The van der Waals surface area contributed by atoms with Gasteiger partial charge in [0.05, 0.1) is 0 Å². The van der Waals surface area contributed by atoms with Gasteiger partial charge < -0.3 is 5.11 Å². The van der Waals surface area contributed by atoms with E-state index < -0.39 is 0 Å². The molecule has 0 atom stereocenters. The number of aliphatic hydroxyl groups is 1. The zero-order valence-corrected chi connectivity index (χ0v) is 2.34. The van der Waals surface area contributed by atoms with Crippen LogP contribution in [0.5, 0.6) is 0 Å². The van der Waals surface area contributed by atoms with Crippen molar-refractivity contribution in [2.75, 3.05) is 7.11 Å². The Kier molecular flexibility index (Phi) is 1610. The van der Waals surface area contributed by atoms with E-state index in [1.165, 1.54) is 0 Å². The van der Waals surface area contributed by atoms with Gasteiger partial charge in [-0.1, -0.05) is 0 Å². The van der Waals surface area contributed by atoms with Gasteiger partial charge in [-0.3, -0.25) is 10.5 Å². The Bertz CT molecular complexity index is 3.25. The molecule has 0 amide bonds. The Morgan fingerprint density at radius 3 is 1.00 bits per heavy atom. The number of hydrogen-bond donors (Lipinski definition) is 3. The second-order valence-electron chi connectivity index (χ2n) is 0. The first-order valence-corrected chi connectivity index (χ1v) is 0.647. The summed E-state index contributed by atoms with van der Waals surface area (Å²) in [6.45, 7) is 0. The van der Waals surface area contributed by atoms with Crippen LogP contribution < -0.4 is 0 Å². The molecule has 0 saturated heterocycles. The van der Waals surface area contributed by atoms with E-state index >= 15 is 0 Å². The Morgan fingerprint density at radius 2 is 1.00 bits per heavy atom. The minimum absolute atomic E-state index is 1.00. The molecule has 0 heterocycles. The first kappa shape index (κ1) is 9.11. The lowest BCUT2D eigenvalue weighted by atomic mass is 11.8. The molecule has 0 aliphatic carbocycles. The Hall–Kier alpha value is -0.120. The first-order chi connectivity index (χ1) is 2.00. The highest BCUT2D eigenvalue weighted by Gasteiger charge is 0.839. The van der Waals surface area contributed by atoms with Crippen LogP contribution in [0.3, 0.4) is 0 Å². The summed E-state index contributed by atoms with van der Waals surface area (Å²) in [5.41, 5.74) is 0. The molecule has 0 aliphatic heterocycles. The van der Waals surface area contributed by atoms with Gasteiger partial charge in [-0.05, 0) is 0 Å². The van der Waals surface area contributed by atoms with Gasteiger partial charge in [0.25, 0.3) is 0 Å². The highest BCUT2D eigenvalue weighted by atomic mass is 17.0. The molecule has 0 saturated carbocycles. The van der Waals surface area contributed by atoms with Crippen LogP contribution in [-0.2, 0) is 0 Å². The van der Waals surface area contributed by atoms with Gasteiger partial charge >= 0.3 is 0 Å². The third-order valence-electron chi connectivity index (χ3n) is 0. The predicted molar refractivity (Wildman–Crippen MR) is 13.4 cm³/mol. The summed E-state index contributed by atoms with van der Waals surface area (Å²) in [7, 11) is 1.00. The zero-order chi connectivity index (χ0) is 4.00. The normalized spacial score (nSPS) is 3.00. The quantitative estimate of drug-likeness (QED) is 0.267. The fourth-order valence-electron chi connectivity index (χ4n) is 0. The maximum absolute atomic E-state index is 7.00. The van der Waals surface area contributed by atoms with Gasteiger partial charge in [0, 0.05) is 7.11 Å². The van der Waals surface area contributed by atoms with Gasteiger partial charge in [0.2, 0.25) is 0 Å². The smallest absolute Gasteiger partial charge is 0.0319 e. The van der Waals surface area contributed by atoms with Crippen molar-refractivity contribution in [3.05, 3.63) is 0 Å². The lowest BCUT2D eigenvalue weighted by Crippen LogP contribution is -1.29. The first-order valence-electron chi connectivity index (χ1n) is 0.647. The molecule has 0 unspecified atom stereocenters. The van der Waals surface area contributed by atoms with Gasteiger partial charge in [-0.25, -0.2) is 0 Å². The average Bonchev–Trinajstić information content (AvgIpc) is 1.50. The lowest BCUT2D eigenvalue weighted by Gasteiger charge is -1.25. The molecule has 4 heavy (non-hydrogen) atoms. The van der Waals surface area contributed by atoms with Gasteiger partial charge in [-0.2, -0.15) is 0 Å². The topological polar surface area (TPSA) is 60.7 Å². The van der Waals surface area contributed by atoms with Crippen molar-refractivity contribution in [1.82, 2.24) is 0 Å². The van der Waals surface area contributed by atoms with E-state index in [9.17, 15) is 0 Å². The van der Waals surface area contributed by atoms with Crippen LogP contribution in [0.25, 0.3) is 0 Å². The summed E-state index contributed by atoms with van der Waals surface area (Å²) >= 11 is 0. The minimum atomic E-state index is 1.00. The molecule has 0 rings (SSSR count). The predicted octanol–water partition coefficient (Wildman–Crippen LogP) is -0.374. The summed E-state index contributed by atoms with van der Waals surface area (Å²) < 4.78 is 0. The highest BCUT2D eigenvalue weighted by molar-refractivity contribution is 3.18. The van der Waals surface area contributed by atoms with Crippen LogP contribution in [0.1, 0.15) is 0 Å². The number of hydrogen-bond acceptors (Lipinski definition) is 3. The Balaban J connectivity index is 0. The minimum Gasteiger partial charge on any atom is -0.400 e. The summed E-state index contributed by atoms with van der Waals surface area (Å²) in [5.74, 6) is 0. The molecular formula is CH6O3. The second-order valence-corrected chi connectivity index (χ2v) is 0. The summed E-state index contributed by atoms with van der Waals surface area (Å²) in [6, 6.07) is 0.